The zero-order valence-electron chi connectivity index (χ0n) is 16.4. The summed E-state index contributed by atoms with van der Waals surface area (Å²) in [5.41, 5.74) is 0.398. The van der Waals surface area contributed by atoms with Gasteiger partial charge in [0.2, 0.25) is 0 Å². The Bertz CT molecular complexity index is 1170. The summed E-state index contributed by atoms with van der Waals surface area (Å²) in [7, 11) is -4.01. The fourth-order valence-corrected chi connectivity index (χ4v) is 4.00. The van der Waals surface area contributed by atoms with Crippen LogP contribution in [0.15, 0.2) is 71.6 Å². The van der Waals surface area contributed by atoms with Gasteiger partial charge in [-0.05, 0) is 42.8 Å². The molecule has 3 aromatic rings. The zero-order valence-corrected chi connectivity index (χ0v) is 18.0. The van der Waals surface area contributed by atoms with Crippen LogP contribution < -0.4 is 14.2 Å². The number of halogens is 1. The summed E-state index contributed by atoms with van der Waals surface area (Å²) in [5, 5.41) is 11.0. The highest BCUT2D eigenvalue weighted by Crippen LogP contribution is 2.37. The number of anilines is 1. The van der Waals surface area contributed by atoms with E-state index in [9.17, 15) is 18.5 Å². The fraction of sp³-hybridized carbons (Fsp3) is 0.143. The highest BCUT2D eigenvalue weighted by Gasteiger charge is 2.22. The van der Waals surface area contributed by atoms with Crippen LogP contribution in [0.2, 0.25) is 5.02 Å². The van der Waals surface area contributed by atoms with E-state index < -0.39 is 20.6 Å². The first-order chi connectivity index (χ1) is 14.8. The van der Waals surface area contributed by atoms with Gasteiger partial charge in [-0.25, -0.2) is 8.42 Å². The minimum atomic E-state index is -4.01. The van der Waals surface area contributed by atoms with Crippen LogP contribution in [0.4, 0.5) is 11.4 Å². The average molecular weight is 463 g/mol. The minimum Gasteiger partial charge on any atom is -0.494 e. The van der Waals surface area contributed by atoms with Gasteiger partial charge in [0.1, 0.15) is 17.4 Å². The number of benzene rings is 3. The number of ether oxygens (including phenoxy) is 2. The first-order valence-electron chi connectivity index (χ1n) is 9.20. The third kappa shape index (κ3) is 5.65. The lowest BCUT2D eigenvalue weighted by Crippen LogP contribution is -2.14. The van der Waals surface area contributed by atoms with E-state index in [1.807, 2.05) is 37.3 Å². The monoisotopic (exact) mass is 462 g/mol. The molecule has 0 heterocycles. The summed E-state index contributed by atoms with van der Waals surface area (Å²) in [4.78, 5) is 10.6. The number of nitrogens with zero attached hydrogens (tertiary/aromatic N) is 1. The van der Waals surface area contributed by atoms with Crippen molar-refractivity contribution in [2.75, 3.05) is 11.3 Å². The third-order valence-electron chi connectivity index (χ3n) is 4.17. The Morgan fingerprint density at radius 1 is 1.03 bits per heavy atom. The van der Waals surface area contributed by atoms with E-state index in [1.54, 1.807) is 0 Å². The van der Waals surface area contributed by atoms with E-state index in [4.69, 9.17) is 21.1 Å². The molecule has 0 amide bonds. The molecular formula is C21H19ClN2O6S. The van der Waals surface area contributed by atoms with Crippen LogP contribution >= 0.6 is 11.6 Å². The van der Waals surface area contributed by atoms with Crippen LogP contribution in [-0.4, -0.2) is 19.9 Å². The molecule has 0 radical (unpaired) electrons. The second kappa shape index (κ2) is 9.67. The van der Waals surface area contributed by atoms with Gasteiger partial charge >= 0.3 is 0 Å². The summed E-state index contributed by atoms with van der Waals surface area (Å²) in [5.74, 6) is 0.515. The Balaban J connectivity index is 1.92. The summed E-state index contributed by atoms with van der Waals surface area (Å²) in [6, 6.07) is 17.2. The number of hydrogen-bond donors (Lipinski definition) is 1. The van der Waals surface area contributed by atoms with Gasteiger partial charge < -0.3 is 9.47 Å². The van der Waals surface area contributed by atoms with Gasteiger partial charge in [-0.3, -0.25) is 14.8 Å². The van der Waals surface area contributed by atoms with Gasteiger partial charge in [-0.1, -0.05) is 41.9 Å². The van der Waals surface area contributed by atoms with Crippen LogP contribution in [0, 0.1) is 10.1 Å². The molecule has 31 heavy (non-hydrogen) atoms. The minimum absolute atomic E-state index is 0.0135. The lowest BCUT2D eigenvalue weighted by atomic mass is 10.2. The van der Waals surface area contributed by atoms with Crippen molar-refractivity contribution in [1.82, 2.24) is 0 Å². The largest absolute Gasteiger partial charge is 0.494 e. The number of nitrogens with one attached hydrogen (secondary N) is 1. The van der Waals surface area contributed by atoms with Crippen molar-refractivity contribution < 1.29 is 22.8 Å². The van der Waals surface area contributed by atoms with Gasteiger partial charge in [0.05, 0.1) is 28.2 Å². The number of nitro benzene ring substituents is 1. The molecule has 0 saturated carbocycles. The molecule has 0 aliphatic carbocycles. The molecule has 3 rings (SSSR count). The summed E-state index contributed by atoms with van der Waals surface area (Å²) < 4.78 is 39.1. The van der Waals surface area contributed by atoms with Gasteiger partial charge in [0, 0.05) is 0 Å². The molecule has 162 valence electrons. The number of nitro groups is 1. The maximum absolute atomic E-state index is 12.8. The molecule has 0 saturated heterocycles. The second-order valence-corrected chi connectivity index (χ2v) is 8.43. The van der Waals surface area contributed by atoms with E-state index in [-0.39, 0.29) is 28.0 Å². The van der Waals surface area contributed by atoms with Crippen molar-refractivity contribution >= 4 is 33.0 Å². The molecule has 0 spiro atoms. The molecule has 8 nitrogen and oxygen atoms in total. The van der Waals surface area contributed by atoms with Crippen LogP contribution in [0.5, 0.6) is 11.5 Å². The predicted octanol–water partition coefficient (Wildman–Crippen LogP) is 5.03. The normalized spacial score (nSPS) is 11.0. The molecule has 0 atom stereocenters. The van der Waals surface area contributed by atoms with Crippen molar-refractivity contribution in [2.45, 2.75) is 18.4 Å². The first-order valence-corrected chi connectivity index (χ1v) is 11.1. The maximum atomic E-state index is 12.8. The quantitative estimate of drug-likeness (QED) is 0.353. The van der Waals surface area contributed by atoms with Crippen LogP contribution in [0.1, 0.15) is 12.5 Å². The predicted molar refractivity (Wildman–Crippen MR) is 117 cm³/mol. The zero-order chi connectivity index (χ0) is 22.4. The van der Waals surface area contributed by atoms with Crippen molar-refractivity contribution in [1.29, 1.82) is 0 Å². The first kappa shape index (κ1) is 22.4. The Kier molecular flexibility index (Phi) is 6.98. The maximum Gasteiger partial charge on any atom is 0.291 e. The Morgan fingerprint density at radius 3 is 2.32 bits per heavy atom. The van der Waals surface area contributed by atoms with E-state index >= 15 is 0 Å². The van der Waals surface area contributed by atoms with Gasteiger partial charge in [-0.15, -0.1) is 0 Å². The van der Waals surface area contributed by atoms with E-state index in [0.29, 0.717) is 12.4 Å². The Morgan fingerprint density at radius 2 is 1.71 bits per heavy atom. The van der Waals surface area contributed by atoms with Crippen LogP contribution in [0.3, 0.4) is 0 Å². The standard InChI is InChI=1S/C21H19ClN2O6S/c1-2-29-16-8-10-17(11-9-16)31(27,28)23-19-12-18(22)20(24(25)26)13-21(19)30-14-15-6-4-3-5-7-15/h3-13,23H,2,14H2,1H3. The fourth-order valence-electron chi connectivity index (χ4n) is 2.70. The molecular weight excluding hydrogens is 444 g/mol. The smallest absolute Gasteiger partial charge is 0.291 e. The lowest BCUT2D eigenvalue weighted by molar-refractivity contribution is -0.384. The lowest BCUT2D eigenvalue weighted by Gasteiger charge is -2.15. The van der Waals surface area contributed by atoms with E-state index in [2.05, 4.69) is 4.72 Å². The van der Waals surface area contributed by atoms with Gasteiger partial charge in [-0.2, -0.15) is 0 Å². The second-order valence-electron chi connectivity index (χ2n) is 6.34. The highest BCUT2D eigenvalue weighted by molar-refractivity contribution is 7.92. The molecule has 0 fully saturated rings. The number of sulfonamides is 1. The third-order valence-corrected chi connectivity index (χ3v) is 5.86. The molecule has 3 aromatic carbocycles. The summed E-state index contributed by atoms with van der Waals surface area (Å²) in [6.07, 6.45) is 0. The van der Waals surface area contributed by atoms with Crippen molar-refractivity contribution in [3.8, 4) is 11.5 Å². The molecule has 0 bridgehead atoms. The Labute approximate surface area is 184 Å². The molecule has 0 aliphatic rings. The molecule has 10 heteroatoms. The molecule has 0 aliphatic heterocycles. The van der Waals surface area contributed by atoms with Crippen LogP contribution in [-0.2, 0) is 16.6 Å². The molecule has 0 unspecified atom stereocenters. The summed E-state index contributed by atoms with van der Waals surface area (Å²) in [6.45, 7) is 2.35. The number of hydrogen-bond acceptors (Lipinski definition) is 6. The van der Waals surface area contributed by atoms with Crippen molar-refractivity contribution in [3.05, 3.63) is 87.4 Å². The van der Waals surface area contributed by atoms with E-state index in [0.717, 1.165) is 17.7 Å². The molecule has 0 aromatic heterocycles. The van der Waals surface area contributed by atoms with Gasteiger partial charge in [0.25, 0.3) is 15.7 Å². The van der Waals surface area contributed by atoms with E-state index in [1.165, 1.54) is 24.3 Å². The van der Waals surface area contributed by atoms with Crippen LogP contribution in [0.25, 0.3) is 0 Å². The SMILES string of the molecule is CCOc1ccc(S(=O)(=O)Nc2cc(Cl)c([N+](=O)[O-])cc2OCc2ccccc2)cc1. The average Bonchev–Trinajstić information content (AvgIpc) is 2.74. The summed E-state index contributed by atoms with van der Waals surface area (Å²) >= 11 is 6.00. The van der Waals surface area contributed by atoms with Crippen molar-refractivity contribution in [3.63, 3.8) is 0 Å². The highest BCUT2D eigenvalue weighted by atomic mass is 35.5. The molecule has 1 N–H and O–H groups in total. The topological polar surface area (TPSA) is 108 Å². The number of rotatable bonds is 9. The van der Waals surface area contributed by atoms with Crippen molar-refractivity contribution in [2.24, 2.45) is 0 Å². The Hall–Kier alpha value is -3.30. The van der Waals surface area contributed by atoms with Gasteiger partial charge in [0.15, 0.2) is 5.75 Å².